The molecule has 4 N–H and O–H groups in total. The number of ether oxygens (including phenoxy) is 3. The molecule has 0 spiro atoms. The number of hydrogen-bond donors (Lipinski definition) is 3. The van der Waals surface area contributed by atoms with E-state index in [-0.39, 0.29) is 35.6 Å². The average molecular weight is 711 g/mol. The number of terminal acetylenes is 1. The van der Waals surface area contributed by atoms with Gasteiger partial charge in [0.2, 0.25) is 0 Å². The van der Waals surface area contributed by atoms with Gasteiger partial charge in [0.05, 0.1) is 6.33 Å². The van der Waals surface area contributed by atoms with Gasteiger partial charge in [-0.05, 0) is 37.0 Å². The third-order valence-corrected chi connectivity index (χ3v) is 9.53. The number of aliphatic carboxylic acids is 1. The highest BCUT2D eigenvalue weighted by Crippen LogP contribution is 2.48. The minimum atomic E-state index is -4.61. The van der Waals surface area contributed by atoms with Gasteiger partial charge < -0.3 is 29.6 Å². The van der Waals surface area contributed by atoms with Gasteiger partial charge in [-0.3, -0.25) is 13.9 Å². The first-order valence-electron chi connectivity index (χ1n) is 15.7. The molecule has 15 nitrogen and oxygen atoms in total. The second-order valence-corrected chi connectivity index (χ2v) is 13.0. The molecule has 50 heavy (non-hydrogen) atoms. The van der Waals surface area contributed by atoms with Crippen LogP contribution in [0.15, 0.2) is 67.0 Å². The van der Waals surface area contributed by atoms with Gasteiger partial charge in [0, 0.05) is 6.42 Å². The average Bonchev–Trinajstić information content (AvgIpc) is 3.68. The van der Waals surface area contributed by atoms with E-state index in [0.717, 1.165) is 0 Å². The van der Waals surface area contributed by atoms with Gasteiger partial charge >= 0.3 is 25.9 Å². The van der Waals surface area contributed by atoms with Crippen molar-refractivity contribution in [1.29, 1.82) is 0 Å². The number of fused-ring (bicyclic) bond motifs is 1. The summed E-state index contributed by atoms with van der Waals surface area (Å²) in [5.41, 5.74) is 4.56. The third-order valence-electron chi connectivity index (χ3n) is 7.98. The zero-order valence-corrected chi connectivity index (χ0v) is 28.1. The minimum absolute atomic E-state index is 0.0305. The smallest absolute Gasteiger partial charge is 0.480 e. The van der Waals surface area contributed by atoms with Crippen molar-refractivity contribution in [2.45, 2.75) is 69.6 Å². The number of nitrogens with one attached hydrogen (secondary N) is 1. The number of carboxylic acids is 1. The summed E-state index contributed by atoms with van der Waals surface area (Å²) in [7, 11) is -4.61. The van der Waals surface area contributed by atoms with E-state index in [2.05, 4.69) is 26.0 Å². The number of nitrogens with zero attached hydrogens (tertiary/aromatic N) is 4. The summed E-state index contributed by atoms with van der Waals surface area (Å²) in [6.07, 6.45) is 3.13. The summed E-state index contributed by atoms with van der Waals surface area (Å²) in [5, 5.41) is 12.6. The molecule has 2 aromatic carbocycles. The number of anilines is 1. The first-order valence-corrected chi connectivity index (χ1v) is 17.2. The van der Waals surface area contributed by atoms with Gasteiger partial charge in [-0.15, -0.1) is 6.42 Å². The van der Waals surface area contributed by atoms with Gasteiger partial charge in [0.1, 0.15) is 30.7 Å². The Labute approximate surface area is 286 Å². The number of carbonyl (C=O) groups excluding carboxylic acids is 1. The van der Waals surface area contributed by atoms with E-state index in [1.54, 1.807) is 48.5 Å². The first-order chi connectivity index (χ1) is 24.0. The maximum absolute atomic E-state index is 14.5. The Morgan fingerprint density at radius 1 is 1.18 bits per heavy atom. The summed E-state index contributed by atoms with van der Waals surface area (Å²) >= 11 is 0. The molecule has 0 radical (unpaired) electrons. The van der Waals surface area contributed by atoms with Gasteiger partial charge in [-0.2, -0.15) is 19.4 Å². The maximum atomic E-state index is 14.5. The molecule has 0 bridgehead atoms. The molecule has 0 saturated carbocycles. The number of rotatable bonds is 15. The van der Waals surface area contributed by atoms with Crippen molar-refractivity contribution in [3.05, 3.63) is 78.6 Å². The fraction of sp³-hybridized carbons (Fsp3) is 0.364. The predicted molar refractivity (Wildman–Crippen MR) is 177 cm³/mol. The summed E-state index contributed by atoms with van der Waals surface area (Å²) < 4.78 is 59.1. The van der Waals surface area contributed by atoms with Gasteiger partial charge in [0.25, 0.3) is 0 Å². The molecule has 1 aliphatic heterocycles. The van der Waals surface area contributed by atoms with E-state index >= 15 is 0 Å². The van der Waals surface area contributed by atoms with Crippen LogP contribution in [0.25, 0.3) is 11.2 Å². The standard InChI is InChI=1S/C33H36FN6O9P/c1-4-22(5-2)46-32(43)47-25-18-26(40-20-36-27-28(35)37-31(34)38-29(27)40)48-33(25,6-3)19-45-50(44,49-23-15-11-8-12-16-23)39-24(30(41)42)17-21-13-9-7-10-14-21/h3,7-16,20,22,24-26H,4-5,17-19H2,1-2H3,(H,39,44)(H,41,42)(H2,35,37,38)/t24?,25-,26+,33+,50-/m0/s1. The van der Waals surface area contributed by atoms with Crippen LogP contribution in [0.1, 0.15) is 44.9 Å². The van der Waals surface area contributed by atoms with E-state index in [9.17, 15) is 23.7 Å². The lowest BCUT2D eigenvalue weighted by atomic mass is 9.99. The number of benzene rings is 2. The van der Waals surface area contributed by atoms with Gasteiger partial charge in [0.15, 0.2) is 28.7 Å². The second-order valence-electron chi connectivity index (χ2n) is 11.3. The van der Waals surface area contributed by atoms with Crippen LogP contribution in [0.3, 0.4) is 0 Å². The molecule has 0 aliphatic carbocycles. The van der Waals surface area contributed by atoms with Crippen LogP contribution in [0, 0.1) is 18.4 Å². The zero-order chi connectivity index (χ0) is 35.9. The van der Waals surface area contributed by atoms with Gasteiger partial charge in [-0.25, -0.2) is 14.3 Å². The highest BCUT2D eigenvalue weighted by atomic mass is 31.2. The van der Waals surface area contributed by atoms with Crippen LogP contribution in [-0.4, -0.2) is 67.2 Å². The van der Waals surface area contributed by atoms with E-state index in [1.165, 1.54) is 23.0 Å². The molecule has 264 valence electrons. The summed E-state index contributed by atoms with van der Waals surface area (Å²) in [4.78, 5) is 36.8. The Balaban J connectivity index is 1.48. The van der Waals surface area contributed by atoms with Crippen molar-refractivity contribution in [3.8, 4) is 18.1 Å². The number of nitrogen functional groups attached to an aromatic ring is 1. The summed E-state index contributed by atoms with van der Waals surface area (Å²) in [5.74, 6) is 1.01. The SMILES string of the molecule is C#C[C@]1(CO[P@@](=O)(NC(Cc2ccccc2)C(=O)O)Oc2ccccc2)O[C@@H](n2cnc3c(N)nc(F)nc32)C[C@@H]1OC(=O)OC(CC)CC. The number of aromatic nitrogens is 4. The molecule has 0 amide bonds. The molecule has 1 saturated heterocycles. The zero-order valence-electron chi connectivity index (χ0n) is 27.2. The van der Waals surface area contributed by atoms with Crippen molar-refractivity contribution in [2.24, 2.45) is 0 Å². The van der Waals surface area contributed by atoms with E-state index in [1.807, 2.05) is 13.8 Å². The van der Waals surface area contributed by atoms with Crippen LogP contribution < -0.4 is 15.3 Å². The number of halogens is 1. The molecule has 2 aromatic heterocycles. The number of nitrogens with two attached hydrogens (primary N) is 1. The summed E-state index contributed by atoms with van der Waals surface area (Å²) in [6.45, 7) is 2.94. The number of imidazole rings is 1. The first kappa shape index (κ1) is 36.2. The quantitative estimate of drug-likeness (QED) is 0.0642. The Kier molecular flexibility index (Phi) is 11.3. The largest absolute Gasteiger partial charge is 0.508 e. The number of carboxylic acid groups (broad SMARTS) is 1. The molecule has 1 unspecified atom stereocenters. The molecular formula is C33H36FN6O9P. The third kappa shape index (κ3) is 8.38. The molecule has 5 rings (SSSR count). The lowest BCUT2D eigenvalue weighted by molar-refractivity contribution is -0.139. The number of hydrogen-bond acceptors (Lipinski definition) is 12. The normalized spacial score (nSPS) is 20.5. The van der Waals surface area contributed by atoms with Crippen LogP contribution in [-0.2, 0) is 34.5 Å². The Hall–Kier alpha value is -5.07. The molecule has 5 atom stereocenters. The van der Waals surface area contributed by atoms with Crippen molar-refractivity contribution in [3.63, 3.8) is 0 Å². The Bertz CT molecular complexity index is 1890. The van der Waals surface area contributed by atoms with E-state index < -0.39 is 62.6 Å². The van der Waals surface area contributed by atoms with E-state index in [4.69, 9.17) is 35.4 Å². The maximum Gasteiger partial charge on any atom is 0.508 e. The monoisotopic (exact) mass is 710 g/mol. The van der Waals surface area contributed by atoms with E-state index in [0.29, 0.717) is 18.4 Å². The summed E-state index contributed by atoms with van der Waals surface area (Å²) in [6, 6.07) is 15.2. The molecular weight excluding hydrogens is 674 g/mol. The van der Waals surface area contributed by atoms with Crippen LogP contribution in [0.5, 0.6) is 5.75 Å². The fourth-order valence-corrected chi connectivity index (χ4v) is 6.85. The number of carbonyl (C=O) groups is 2. The number of para-hydroxylation sites is 1. The Morgan fingerprint density at radius 3 is 2.50 bits per heavy atom. The van der Waals surface area contributed by atoms with Crippen LogP contribution >= 0.6 is 7.75 Å². The van der Waals surface area contributed by atoms with Crippen molar-refractivity contribution in [1.82, 2.24) is 24.6 Å². The van der Waals surface area contributed by atoms with Crippen LogP contribution in [0.4, 0.5) is 15.0 Å². The fourth-order valence-electron chi connectivity index (χ4n) is 5.33. The lowest BCUT2D eigenvalue weighted by Gasteiger charge is -2.31. The van der Waals surface area contributed by atoms with Crippen molar-refractivity contribution in [2.75, 3.05) is 12.3 Å². The minimum Gasteiger partial charge on any atom is -0.480 e. The molecule has 4 aromatic rings. The predicted octanol–water partition coefficient (Wildman–Crippen LogP) is 5.04. The topological polar surface area (TPSA) is 199 Å². The Morgan fingerprint density at radius 2 is 1.86 bits per heavy atom. The van der Waals surface area contributed by atoms with Gasteiger partial charge in [-0.1, -0.05) is 68.3 Å². The molecule has 3 heterocycles. The highest BCUT2D eigenvalue weighted by molar-refractivity contribution is 7.52. The molecule has 1 fully saturated rings. The lowest BCUT2D eigenvalue weighted by Crippen LogP contribution is -2.46. The second kappa shape index (κ2) is 15.6. The highest BCUT2D eigenvalue weighted by Gasteiger charge is 2.53. The van der Waals surface area contributed by atoms with Crippen LogP contribution in [0.2, 0.25) is 0 Å². The molecule has 1 aliphatic rings. The van der Waals surface area contributed by atoms with Crippen molar-refractivity contribution < 1.29 is 46.9 Å². The molecule has 17 heteroatoms. The van der Waals surface area contributed by atoms with Crippen molar-refractivity contribution >= 4 is 36.9 Å².